The SMILES string of the molecule is COc1ccc(CCNC(=O)c2cnn(-c3ccc(Cl)cc3Cl)c2C2CC2)c(OC)c1. The maximum atomic E-state index is 13.0. The molecule has 0 saturated heterocycles. The zero-order valence-corrected chi connectivity index (χ0v) is 18.8. The summed E-state index contributed by atoms with van der Waals surface area (Å²) >= 11 is 12.4. The summed E-state index contributed by atoms with van der Waals surface area (Å²) in [4.78, 5) is 13.0. The Balaban J connectivity index is 1.50. The van der Waals surface area contributed by atoms with Crippen molar-refractivity contribution in [2.45, 2.75) is 25.2 Å². The lowest BCUT2D eigenvalue weighted by Gasteiger charge is -2.12. The van der Waals surface area contributed by atoms with E-state index in [2.05, 4.69) is 10.4 Å². The highest BCUT2D eigenvalue weighted by Gasteiger charge is 2.33. The van der Waals surface area contributed by atoms with Gasteiger partial charge < -0.3 is 14.8 Å². The number of aromatic nitrogens is 2. The summed E-state index contributed by atoms with van der Waals surface area (Å²) in [6.45, 7) is 0.471. The van der Waals surface area contributed by atoms with E-state index in [1.165, 1.54) is 0 Å². The number of hydrogen-bond donors (Lipinski definition) is 1. The Labute approximate surface area is 191 Å². The second-order valence-corrected chi connectivity index (χ2v) is 8.25. The number of carbonyl (C=O) groups excluding carboxylic acids is 1. The number of methoxy groups -OCH3 is 2. The molecule has 1 aromatic heterocycles. The summed E-state index contributed by atoms with van der Waals surface area (Å²) < 4.78 is 12.4. The molecule has 162 valence electrons. The third-order valence-electron chi connectivity index (χ3n) is 5.33. The fourth-order valence-corrected chi connectivity index (χ4v) is 4.08. The molecule has 0 unspecified atom stereocenters. The largest absolute Gasteiger partial charge is 0.497 e. The molecule has 0 bridgehead atoms. The first-order valence-corrected chi connectivity index (χ1v) is 10.8. The Morgan fingerprint density at radius 1 is 1.16 bits per heavy atom. The molecular formula is C23H23Cl2N3O3. The molecule has 1 amide bonds. The molecule has 0 spiro atoms. The van der Waals surface area contributed by atoms with Gasteiger partial charge in [0.25, 0.3) is 5.91 Å². The molecule has 0 aliphatic heterocycles. The summed E-state index contributed by atoms with van der Waals surface area (Å²) in [6, 6.07) is 10.9. The Morgan fingerprint density at radius 2 is 1.97 bits per heavy atom. The van der Waals surface area contributed by atoms with Crippen molar-refractivity contribution in [1.82, 2.24) is 15.1 Å². The molecule has 1 aliphatic carbocycles. The molecule has 6 nitrogen and oxygen atoms in total. The number of amides is 1. The lowest BCUT2D eigenvalue weighted by Crippen LogP contribution is -2.26. The lowest BCUT2D eigenvalue weighted by molar-refractivity contribution is 0.0953. The third-order valence-corrected chi connectivity index (χ3v) is 5.87. The van der Waals surface area contributed by atoms with Gasteiger partial charge in [0.1, 0.15) is 11.5 Å². The zero-order valence-electron chi connectivity index (χ0n) is 17.3. The number of nitrogens with zero attached hydrogens (tertiary/aromatic N) is 2. The van der Waals surface area contributed by atoms with Gasteiger partial charge in [0.2, 0.25) is 0 Å². The van der Waals surface area contributed by atoms with Crippen LogP contribution in [0.4, 0.5) is 0 Å². The molecule has 3 aromatic rings. The van der Waals surface area contributed by atoms with Gasteiger partial charge in [-0.1, -0.05) is 29.3 Å². The summed E-state index contributed by atoms with van der Waals surface area (Å²) in [7, 11) is 3.23. The van der Waals surface area contributed by atoms with Crippen LogP contribution < -0.4 is 14.8 Å². The minimum Gasteiger partial charge on any atom is -0.497 e. The van der Waals surface area contributed by atoms with Gasteiger partial charge in [0, 0.05) is 23.6 Å². The number of ether oxygens (including phenoxy) is 2. The van der Waals surface area contributed by atoms with E-state index in [9.17, 15) is 4.79 Å². The lowest BCUT2D eigenvalue weighted by atomic mass is 10.1. The van der Waals surface area contributed by atoms with E-state index >= 15 is 0 Å². The van der Waals surface area contributed by atoms with E-state index in [-0.39, 0.29) is 5.91 Å². The fraction of sp³-hybridized carbons (Fsp3) is 0.304. The molecule has 31 heavy (non-hydrogen) atoms. The predicted octanol–water partition coefficient (Wildman–Crippen LogP) is 5.05. The van der Waals surface area contributed by atoms with Crippen LogP contribution in [0.5, 0.6) is 11.5 Å². The molecule has 8 heteroatoms. The Hall–Kier alpha value is -2.70. The smallest absolute Gasteiger partial charge is 0.254 e. The molecule has 1 saturated carbocycles. The number of carbonyl (C=O) groups is 1. The standard InChI is InChI=1S/C23H23Cl2N3O3/c1-30-17-7-5-14(21(12-17)31-2)9-10-26-23(29)18-13-27-28(22(18)15-3-4-15)20-8-6-16(24)11-19(20)25/h5-8,11-13,15H,3-4,9-10H2,1-2H3,(H,26,29). The minimum atomic E-state index is -0.147. The first kappa shape index (κ1) is 21.5. The summed E-state index contributed by atoms with van der Waals surface area (Å²) in [5, 5.41) is 8.52. The molecule has 1 N–H and O–H groups in total. The van der Waals surface area contributed by atoms with Crippen LogP contribution in [0.1, 0.15) is 40.4 Å². The van der Waals surface area contributed by atoms with Gasteiger partial charge in [-0.3, -0.25) is 4.79 Å². The van der Waals surface area contributed by atoms with E-state index in [0.717, 1.165) is 41.3 Å². The highest BCUT2D eigenvalue weighted by atomic mass is 35.5. The Kier molecular flexibility index (Phi) is 6.39. The van der Waals surface area contributed by atoms with Gasteiger partial charge in [-0.25, -0.2) is 4.68 Å². The van der Waals surface area contributed by atoms with Gasteiger partial charge in [-0.15, -0.1) is 0 Å². The molecule has 0 radical (unpaired) electrons. The van der Waals surface area contributed by atoms with Crippen LogP contribution in [-0.2, 0) is 6.42 Å². The number of rotatable bonds is 8. The van der Waals surface area contributed by atoms with Crippen molar-refractivity contribution in [2.24, 2.45) is 0 Å². The van der Waals surface area contributed by atoms with Crippen molar-refractivity contribution in [3.8, 4) is 17.2 Å². The molecule has 4 rings (SSSR count). The second kappa shape index (κ2) is 9.20. The minimum absolute atomic E-state index is 0.147. The van der Waals surface area contributed by atoms with Crippen molar-refractivity contribution in [3.05, 3.63) is 69.5 Å². The van der Waals surface area contributed by atoms with Gasteiger partial charge >= 0.3 is 0 Å². The van der Waals surface area contributed by atoms with Crippen LogP contribution in [0, 0.1) is 0 Å². The Morgan fingerprint density at radius 3 is 2.65 bits per heavy atom. The average Bonchev–Trinajstić information content (AvgIpc) is 3.52. The highest BCUT2D eigenvalue weighted by molar-refractivity contribution is 6.35. The topological polar surface area (TPSA) is 65.4 Å². The van der Waals surface area contributed by atoms with Crippen LogP contribution >= 0.6 is 23.2 Å². The van der Waals surface area contributed by atoms with Crippen LogP contribution in [-0.4, -0.2) is 36.5 Å². The quantitative estimate of drug-likeness (QED) is 0.511. The highest BCUT2D eigenvalue weighted by Crippen LogP contribution is 2.43. The van der Waals surface area contributed by atoms with E-state index in [0.29, 0.717) is 34.5 Å². The van der Waals surface area contributed by atoms with Gasteiger partial charge in [0.05, 0.1) is 42.4 Å². The van der Waals surface area contributed by atoms with E-state index in [1.807, 2.05) is 24.3 Å². The monoisotopic (exact) mass is 459 g/mol. The third kappa shape index (κ3) is 4.65. The first-order chi connectivity index (χ1) is 15.0. The van der Waals surface area contributed by atoms with Gasteiger partial charge in [-0.2, -0.15) is 5.10 Å². The summed E-state index contributed by atoms with van der Waals surface area (Å²) in [6.07, 6.45) is 4.30. The maximum absolute atomic E-state index is 13.0. The van der Waals surface area contributed by atoms with Crippen molar-refractivity contribution >= 4 is 29.1 Å². The zero-order chi connectivity index (χ0) is 22.0. The van der Waals surface area contributed by atoms with Crippen molar-refractivity contribution in [2.75, 3.05) is 20.8 Å². The van der Waals surface area contributed by atoms with Crippen LogP contribution in [0.3, 0.4) is 0 Å². The molecular weight excluding hydrogens is 437 g/mol. The second-order valence-electron chi connectivity index (χ2n) is 7.41. The Bertz CT molecular complexity index is 1110. The van der Waals surface area contributed by atoms with Crippen molar-refractivity contribution < 1.29 is 14.3 Å². The molecule has 2 aromatic carbocycles. The van der Waals surface area contributed by atoms with Gasteiger partial charge in [0.15, 0.2) is 0 Å². The molecule has 0 atom stereocenters. The first-order valence-electron chi connectivity index (χ1n) is 10.0. The van der Waals surface area contributed by atoms with E-state index in [1.54, 1.807) is 37.2 Å². The fourth-order valence-electron chi connectivity index (χ4n) is 3.59. The number of hydrogen-bond acceptors (Lipinski definition) is 4. The van der Waals surface area contributed by atoms with E-state index < -0.39 is 0 Å². The predicted molar refractivity (Wildman–Crippen MR) is 121 cm³/mol. The van der Waals surface area contributed by atoms with Gasteiger partial charge in [-0.05, 0) is 49.1 Å². The molecule has 1 fully saturated rings. The van der Waals surface area contributed by atoms with Crippen LogP contribution in [0.15, 0.2) is 42.6 Å². The maximum Gasteiger partial charge on any atom is 0.254 e. The number of halogens is 2. The average molecular weight is 460 g/mol. The number of nitrogens with one attached hydrogen (secondary N) is 1. The number of benzene rings is 2. The molecule has 1 heterocycles. The van der Waals surface area contributed by atoms with Crippen molar-refractivity contribution in [1.29, 1.82) is 0 Å². The summed E-state index contributed by atoms with van der Waals surface area (Å²) in [5.74, 6) is 1.62. The summed E-state index contributed by atoms with van der Waals surface area (Å²) in [5.41, 5.74) is 3.18. The van der Waals surface area contributed by atoms with Crippen molar-refractivity contribution in [3.63, 3.8) is 0 Å². The normalized spacial score (nSPS) is 13.2. The van der Waals surface area contributed by atoms with Crippen LogP contribution in [0.2, 0.25) is 10.0 Å². The molecule has 1 aliphatic rings. The van der Waals surface area contributed by atoms with Crippen LogP contribution in [0.25, 0.3) is 5.69 Å². The van der Waals surface area contributed by atoms with E-state index in [4.69, 9.17) is 32.7 Å².